The van der Waals surface area contributed by atoms with E-state index in [2.05, 4.69) is 20.7 Å². The number of carbonyl (C=O) groups is 5. The number of aliphatic hydroxyl groups is 1. The fourth-order valence-electron chi connectivity index (χ4n) is 3.38. The maximum atomic E-state index is 13.1. The SMILES string of the molecule is COC(=O)CCCCC(=O)NC(CC(C)C)C(=O)NC(CCC(N)=O)C(=O)Nc1ccc(CO)cc1. The van der Waals surface area contributed by atoms with Gasteiger partial charge in [-0.2, -0.15) is 0 Å². The third kappa shape index (κ3) is 12.3. The van der Waals surface area contributed by atoms with E-state index in [4.69, 9.17) is 10.8 Å². The Hall–Kier alpha value is -3.47. The molecule has 11 heteroatoms. The highest BCUT2D eigenvalue weighted by Gasteiger charge is 2.27. The first-order chi connectivity index (χ1) is 17.0. The molecular weight excluding hydrogens is 468 g/mol. The molecule has 0 saturated carbocycles. The Morgan fingerprint density at radius 3 is 2.11 bits per heavy atom. The Balaban J connectivity index is 2.83. The lowest BCUT2D eigenvalue weighted by Crippen LogP contribution is -2.53. The molecule has 1 aromatic carbocycles. The Bertz CT molecular complexity index is 887. The molecule has 1 rings (SSSR count). The van der Waals surface area contributed by atoms with Crippen LogP contribution in [0.25, 0.3) is 0 Å². The third-order valence-corrected chi connectivity index (χ3v) is 5.34. The lowest BCUT2D eigenvalue weighted by molar-refractivity contribution is -0.141. The van der Waals surface area contributed by atoms with Crippen molar-refractivity contribution in [2.24, 2.45) is 11.7 Å². The smallest absolute Gasteiger partial charge is 0.305 e. The van der Waals surface area contributed by atoms with Crippen LogP contribution in [0.15, 0.2) is 24.3 Å². The van der Waals surface area contributed by atoms with Crippen LogP contribution in [0.5, 0.6) is 0 Å². The molecule has 4 amide bonds. The second kappa shape index (κ2) is 16.2. The number of nitrogens with one attached hydrogen (secondary N) is 3. The second-order valence-corrected chi connectivity index (χ2v) is 8.94. The van der Waals surface area contributed by atoms with Crippen molar-refractivity contribution in [2.45, 2.75) is 77.5 Å². The van der Waals surface area contributed by atoms with E-state index in [0.717, 1.165) is 0 Å². The maximum absolute atomic E-state index is 13.1. The number of esters is 1. The van der Waals surface area contributed by atoms with Gasteiger partial charge >= 0.3 is 5.97 Å². The van der Waals surface area contributed by atoms with Gasteiger partial charge in [0.2, 0.25) is 23.6 Å². The molecule has 1 aromatic rings. The molecule has 2 atom stereocenters. The van der Waals surface area contributed by atoms with Crippen LogP contribution in [0.2, 0.25) is 0 Å². The Morgan fingerprint density at radius 2 is 1.56 bits per heavy atom. The summed E-state index contributed by atoms with van der Waals surface area (Å²) < 4.78 is 4.57. The number of benzene rings is 1. The predicted octanol–water partition coefficient (Wildman–Crippen LogP) is 1.13. The summed E-state index contributed by atoms with van der Waals surface area (Å²) in [6.45, 7) is 3.66. The van der Waals surface area contributed by atoms with Crippen molar-refractivity contribution in [3.8, 4) is 0 Å². The Morgan fingerprint density at radius 1 is 0.917 bits per heavy atom. The minimum atomic E-state index is -1.06. The maximum Gasteiger partial charge on any atom is 0.305 e. The number of carbonyl (C=O) groups excluding carboxylic acids is 5. The summed E-state index contributed by atoms with van der Waals surface area (Å²) in [6.07, 6.45) is 1.48. The van der Waals surface area contributed by atoms with E-state index in [-0.39, 0.29) is 50.1 Å². The average Bonchev–Trinajstić information content (AvgIpc) is 2.83. The van der Waals surface area contributed by atoms with Gasteiger partial charge in [-0.3, -0.25) is 24.0 Å². The molecule has 0 fully saturated rings. The van der Waals surface area contributed by atoms with Gasteiger partial charge < -0.3 is 31.5 Å². The minimum absolute atomic E-state index is 0.0164. The van der Waals surface area contributed by atoms with Crippen LogP contribution in [0, 0.1) is 5.92 Å². The van der Waals surface area contributed by atoms with Crippen LogP contribution in [0.3, 0.4) is 0 Å². The third-order valence-electron chi connectivity index (χ3n) is 5.34. The van der Waals surface area contributed by atoms with Gasteiger partial charge in [0.1, 0.15) is 12.1 Å². The van der Waals surface area contributed by atoms with Crippen molar-refractivity contribution >= 4 is 35.3 Å². The van der Waals surface area contributed by atoms with Gasteiger partial charge in [-0.15, -0.1) is 0 Å². The van der Waals surface area contributed by atoms with Gasteiger partial charge in [0.25, 0.3) is 0 Å². The van der Waals surface area contributed by atoms with Crippen LogP contribution >= 0.6 is 0 Å². The summed E-state index contributed by atoms with van der Waals surface area (Å²) >= 11 is 0. The highest BCUT2D eigenvalue weighted by atomic mass is 16.5. The number of rotatable bonds is 16. The van der Waals surface area contributed by atoms with E-state index >= 15 is 0 Å². The highest BCUT2D eigenvalue weighted by Crippen LogP contribution is 2.12. The summed E-state index contributed by atoms with van der Waals surface area (Å²) in [5, 5.41) is 17.2. The van der Waals surface area contributed by atoms with Gasteiger partial charge in [-0.1, -0.05) is 26.0 Å². The first kappa shape index (κ1) is 30.6. The normalized spacial score (nSPS) is 12.4. The fourth-order valence-corrected chi connectivity index (χ4v) is 3.38. The molecule has 0 aliphatic carbocycles. The van der Waals surface area contributed by atoms with Crippen molar-refractivity contribution in [3.63, 3.8) is 0 Å². The molecular formula is C25H38N4O7. The number of primary amides is 1. The van der Waals surface area contributed by atoms with Crippen molar-refractivity contribution in [3.05, 3.63) is 29.8 Å². The molecule has 0 aliphatic rings. The first-order valence-electron chi connectivity index (χ1n) is 12.0. The number of hydrogen-bond donors (Lipinski definition) is 5. The van der Waals surface area contributed by atoms with Crippen LogP contribution in [0.4, 0.5) is 5.69 Å². The molecule has 0 radical (unpaired) electrons. The van der Waals surface area contributed by atoms with Crippen LogP contribution < -0.4 is 21.7 Å². The highest BCUT2D eigenvalue weighted by molar-refractivity contribution is 5.98. The van der Waals surface area contributed by atoms with E-state index in [1.807, 2.05) is 13.8 Å². The standard InChI is InChI=1S/C25H38N4O7/c1-16(2)14-20(28-22(32)6-4-5-7-23(33)36-3)25(35)29-19(12-13-21(26)31)24(34)27-18-10-8-17(15-30)9-11-18/h8-11,16,19-20,30H,4-7,12-15H2,1-3H3,(H2,26,31)(H,27,34)(H,28,32)(H,29,35). The monoisotopic (exact) mass is 506 g/mol. The topological polar surface area (TPSA) is 177 Å². The van der Waals surface area contributed by atoms with Crippen LogP contribution in [-0.2, 0) is 35.3 Å². The van der Waals surface area contributed by atoms with E-state index in [1.54, 1.807) is 24.3 Å². The number of anilines is 1. The van der Waals surface area contributed by atoms with Gasteiger partial charge in [0, 0.05) is 24.9 Å². The summed E-state index contributed by atoms with van der Waals surface area (Å²) in [5.41, 5.74) is 6.36. The molecule has 0 spiro atoms. The molecule has 11 nitrogen and oxygen atoms in total. The number of hydrogen-bond acceptors (Lipinski definition) is 7. The quantitative estimate of drug-likeness (QED) is 0.165. The Labute approximate surface area is 211 Å². The van der Waals surface area contributed by atoms with E-state index in [1.165, 1.54) is 7.11 Å². The predicted molar refractivity (Wildman–Crippen MR) is 133 cm³/mol. The van der Waals surface area contributed by atoms with Crippen molar-refractivity contribution in [1.29, 1.82) is 0 Å². The summed E-state index contributed by atoms with van der Waals surface area (Å²) in [7, 11) is 1.30. The van der Waals surface area contributed by atoms with Crippen molar-refractivity contribution in [2.75, 3.05) is 12.4 Å². The zero-order chi connectivity index (χ0) is 27.1. The lowest BCUT2D eigenvalue weighted by atomic mass is 10.0. The van der Waals surface area contributed by atoms with E-state index in [9.17, 15) is 24.0 Å². The van der Waals surface area contributed by atoms with Gasteiger partial charge in [0.15, 0.2) is 0 Å². The van der Waals surface area contributed by atoms with Gasteiger partial charge in [-0.25, -0.2) is 0 Å². The molecule has 6 N–H and O–H groups in total. The molecule has 0 aliphatic heterocycles. The number of nitrogens with two attached hydrogens (primary N) is 1. The lowest BCUT2D eigenvalue weighted by Gasteiger charge is -2.24. The number of ether oxygens (including phenoxy) is 1. The second-order valence-electron chi connectivity index (χ2n) is 8.94. The number of methoxy groups -OCH3 is 1. The van der Waals surface area contributed by atoms with E-state index in [0.29, 0.717) is 30.5 Å². The molecule has 0 saturated heterocycles. The summed E-state index contributed by atoms with van der Waals surface area (Å²) in [6, 6.07) is 4.56. The number of amides is 4. The summed E-state index contributed by atoms with van der Waals surface area (Å²) in [5.74, 6) is -2.33. The molecule has 200 valence electrons. The van der Waals surface area contributed by atoms with Gasteiger partial charge in [0.05, 0.1) is 13.7 Å². The molecule has 36 heavy (non-hydrogen) atoms. The zero-order valence-electron chi connectivity index (χ0n) is 21.2. The largest absolute Gasteiger partial charge is 0.469 e. The van der Waals surface area contributed by atoms with E-state index < -0.39 is 29.8 Å². The number of unbranched alkanes of at least 4 members (excludes halogenated alkanes) is 1. The molecule has 0 heterocycles. The fraction of sp³-hybridized carbons (Fsp3) is 0.560. The van der Waals surface area contributed by atoms with Crippen molar-refractivity contribution in [1.82, 2.24) is 10.6 Å². The molecule has 2 unspecified atom stereocenters. The zero-order valence-corrected chi connectivity index (χ0v) is 21.2. The van der Waals surface area contributed by atoms with Gasteiger partial charge in [-0.05, 0) is 49.3 Å². The van der Waals surface area contributed by atoms with Crippen molar-refractivity contribution < 1.29 is 33.8 Å². The molecule has 0 bridgehead atoms. The minimum Gasteiger partial charge on any atom is -0.469 e. The Kier molecular flexibility index (Phi) is 13.8. The number of aliphatic hydroxyl groups excluding tert-OH is 1. The van der Waals surface area contributed by atoms with Crippen LogP contribution in [-0.4, -0.2) is 53.9 Å². The first-order valence-corrected chi connectivity index (χ1v) is 12.0. The molecule has 0 aromatic heterocycles. The van der Waals surface area contributed by atoms with Crippen LogP contribution in [0.1, 0.15) is 64.4 Å². The summed E-state index contributed by atoms with van der Waals surface area (Å²) in [4.78, 5) is 60.9. The average molecular weight is 507 g/mol.